The van der Waals surface area contributed by atoms with Crippen molar-refractivity contribution in [3.63, 3.8) is 0 Å². The lowest BCUT2D eigenvalue weighted by Gasteiger charge is -2.12. The largest absolute Gasteiger partial charge is 0.316 e. The summed E-state index contributed by atoms with van der Waals surface area (Å²) in [6, 6.07) is 3.72. The van der Waals surface area contributed by atoms with Gasteiger partial charge in [-0.15, -0.1) is 29.3 Å². The number of nitriles is 1. The van der Waals surface area contributed by atoms with Crippen molar-refractivity contribution >= 4 is 55.6 Å². The number of anilines is 1. The van der Waals surface area contributed by atoms with E-state index < -0.39 is 0 Å². The van der Waals surface area contributed by atoms with Gasteiger partial charge >= 0.3 is 0 Å². The number of allylic oxidation sites excluding steroid dienone is 1. The first kappa shape index (κ1) is 19.9. The Morgan fingerprint density at radius 2 is 2.28 bits per heavy atom. The van der Waals surface area contributed by atoms with E-state index in [-0.39, 0.29) is 17.2 Å². The third-order valence-corrected chi connectivity index (χ3v) is 7.71. The quantitative estimate of drug-likeness (QED) is 0.351. The molecule has 0 aliphatic heterocycles. The number of carbonyl (C=O) groups is 1. The van der Waals surface area contributed by atoms with Crippen LogP contribution in [0.1, 0.15) is 28.8 Å². The van der Waals surface area contributed by atoms with E-state index in [4.69, 9.17) is 10.2 Å². The van der Waals surface area contributed by atoms with E-state index in [1.165, 1.54) is 28.0 Å². The zero-order valence-corrected chi connectivity index (χ0v) is 18.0. The van der Waals surface area contributed by atoms with Crippen LogP contribution in [0, 0.1) is 11.3 Å². The highest BCUT2D eigenvalue weighted by atomic mass is 32.2. The van der Waals surface area contributed by atoms with Crippen molar-refractivity contribution in [1.29, 1.82) is 5.26 Å². The minimum atomic E-state index is -0.237. The van der Waals surface area contributed by atoms with Gasteiger partial charge in [-0.05, 0) is 42.7 Å². The number of nitrogens with one attached hydrogen (secondary N) is 1. The molecule has 0 saturated carbocycles. The molecule has 0 radical (unpaired) electrons. The summed E-state index contributed by atoms with van der Waals surface area (Å²) in [7, 11) is 0. The molecular formula is C20H18N4O2S3. The first-order valence-electron chi connectivity index (χ1n) is 9.18. The Morgan fingerprint density at radius 3 is 3.07 bits per heavy atom. The maximum Gasteiger partial charge on any atom is 0.263 e. The summed E-state index contributed by atoms with van der Waals surface area (Å²) in [4.78, 5) is 32.3. The summed E-state index contributed by atoms with van der Waals surface area (Å²) in [6.07, 6.45) is 5.85. The average molecular weight is 443 g/mol. The maximum absolute atomic E-state index is 13.2. The van der Waals surface area contributed by atoms with E-state index in [1.807, 2.05) is 0 Å². The van der Waals surface area contributed by atoms with Crippen molar-refractivity contribution in [1.82, 2.24) is 9.55 Å². The number of fused-ring (bicyclic) bond motifs is 3. The molecule has 9 heteroatoms. The van der Waals surface area contributed by atoms with Crippen molar-refractivity contribution in [3.8, 4) is 6.07 Å². The molecule has 3 heterocycles. The number of nitrogens with zero attached hydrogens (tertiary/aromatic N) is 3. The molecule has 0 atom stereocenters. The minimum absolute atomic E-state index is 0.0535. The van der Waals surface area contributed by atoms with Crippen LogP contribution in [0.25, 0.3) is 10.2 Å². The Kier molecular flexibility index (Phi) is 5.85. The highest BCUT2D eigenvalue weighted by Gasteiger charge is 2.22. The summed E-state index contributed by atoms with van der Waals surface area (Å²) in [5.41, 5.74) is 1.55. The number of carbonyl (C=O) groups excluding carboxylic acids is 1. The first-order chi connectivity index (χ1) is 14.1. The summed E-state index contributed by atoms with van der Waals surface area (Å²) in [6.45, 7) is 4.10. The third-order valence-electron chi connectivity index (χ3n) is 4.72. The van der Waals surface area contributed by atoms with Crippen LogP contribution >= 0.6 is 34.4 Å². The van der Waals surface area contributed by atoms with Crippen LogP contribution in [0.15, 0.2) is 34.1 Å². The van der Waals surface area contributed by atoms with Gasteiger partial charge in [0.2, 0.25) is 5.91 Å². The van der Waals surface area contributed by atoms with Gasteiger partial charge in [0.05, 0.1) is 16.7 Å². The Bertz CT molecular complexity index is 1200. The van der Waals surface area contributed by atoms with Crippen LogP contribution in [-0.2, 0) is 24.2 Å². The van der Waals surface area contributed by atoms with Crippen molar-refractivity contribution in [3.05, 3.63) is 50.5 Å². The van der Waals surface area contributed by atoms with Crippen LogP contribution in [0.5, 0.6) is 0 Å². The molecule has 1 N–H and O–H groups in total. The normalized spacial score (nSPS) is 13.1. The van der Waals surface area contributed by atoms with Crippen molar-refractivity contribution in [2.24, 2.45) is 0 Å². The Balaban J connectivity index is 1.62. The Morgan fingerprint density at radius 1 is 1.45 bits per heavy atom. The van der Waals surface area contributed by atoms with Crippen molar-refractivity contribution in [2.45, 2.75) is 37.4 Å². The van der Waals surface area contributed by atoms with E-state index in [9.17, 15) is 9.59 Å². The smallest absolute Gasteiger partial charge is 0.263 e. The minimum Gasteiger partial charge on any atom is -0.316 e. The molecule has 4 rings (SSSR count). The molecule has 0 bridgehead atoms. The average Bonchev–Trinajstić information content (AvgIpc) is 3.32. The predicted molar refractivity (Wildman–Crippen MR) is 119 cm³/mol. The first-order valence-corrected chi connectivity index (χ1v) is 11.9. The molecule has 6 nitrogen and oxygen atoms in total. The Hall–Kier alpha value is -2.41. The molecule has 148 valence electrons. The van der Waals surface area contributed by atoms with E-state index >= 15 is 0 Å². The highest BCUT2D eigenvalue weighted by Crippen LogP contribution is 2.34. The van der Waals surface area contributed by atoms with Crippen molar-refractivity contribution < 1.29 is 4.79 Å². The molecule has 0 spiro atoms. The number of amides is 1. The van der Waals surface area contributed by atoms with Crippen LogP contribution in [0.2, 0.25) is 0 Å². The van der Waals surface area contributed by atoms with Crippen LogP contribution < -0.4 is 10.9 Å². The fourth-order valence-corrected chi connectivity index (χ4v) is 6.27. The van der Waals surface area contributed by atoms with Gasteiger partial charge in [-0.25, -0.2) is 4.98 Å². The predicted octanol–water partition coefficient (Wildman–Crippen LogP) is 4.19. The molecule has 1 amide bonds. The number of rotatable bonds is 6. The SMILES string of the molecule is C=CCn1c(SCC(=O)Nc2sccc2C#N)nc2sc3c(c2c1=O)CCCC3. The fourth-order valence-electron chi connectivity index (χ4n) is 3.41. The lowest BCUT2D eigenvalue weighted by molar-refractivity contribution is -0.113. The molecule has 3 aromatic heterocycles. The van der Waals surface area contributed by atoms with Gasteiger partial charge in [0.25, 0.3) is 5.56 Å². The third kappa shape index (κ3) is 3.88. The van der Waals surface area contributed by atoms with Crippen LogP contribution in [-0.4, -0.2) is 21.2 Å². The molecule has 1 aliphatic rings. The van der Waals surface area contributed by atoms with Gasteiger partial charge in [0.1, 0.15) is 15.9 Å². The zero-order valence-electron chi connectivity index (χ0n) is 15.6. The second kappa shape index (κ2) is 8.53. The van der Waals surface area contributed by atoms with Gasteiger partial charge in [-0.2, -0.15) is 5.26 Å². The number of thiophene rings is 2. The number of aromatic nitrogens is 2. The molecule has 0 unspecified atom stereocenters. The number of aryl methyl sites for hydroxylation is 2. The summed E-state index contributed by atoms with van der Waals surface area (Å²) in [5, 5.41) is 15.4. The lowest BCUT2D eigenvalue weighted by Crippen LogP contribution is -2.24. The molecule has 1 aliphatic carbocycles. The second-order valence-corrected chi connectivity index (χ2v) is 9.54. The van der Waals surface area contributed by atoms with E-state index in [2.05, 4.69) is 18.0 Å². The lowest BCUT2D eigenvalue weighted by atomic mass is 9.97. The van der Waals surface area contributed by atoms with Crippen LogP contribution in [0.4, 0.5) is 5.00 Å². The number of thioether (sulfide) groups is 1. The van der Waals surface area contributed by atoms with E-state index in [0.29, 0.717) is 22.3 Å². The van der Waals surface area contributed by atoms with E-state index in [1.54, 1.807) is 33.4 Å². The molecule has 0 saturated heterocycles. The molecule has 0 aromatic carbocycles. The summed E-state index contributed by atoms with van der Waals surface area (Å²) >= 11 is 4.13. The fraction of sp³-hybridized carbons (Fsp3) is 0.300. The van der Waals surface area contributed by atoms with Gasteiger partial charge in [-0.3, -0.25) is 14.2 Å². The second-order valence-electron chi connectivity index (χ2n) is 6.60. The molecule has 29 heavy (non-hydrogen) atoms. The van der Waals surface area contributed by atoms with Gasteiger partial charge < -0.3 is 5.32 Å². The van der Waals surface area contributed by atoms with Gasteiger partial charge in [-0.1, -0.05) is 17.8 Å². The van der Waals surface area contributed by atoms with Gasteiger partial charge in [0, 0.05) is 11.4 Å². The Labute approximate surface area is 179 Å². The van der Waals surface area contributed by atoms with Crippen LogP contribution in [0.3, 0.4) is 0 Å². The highest BCUT2D eigenvalue weighted by molar-refractivity contribution is 7.99. The standard InChI is InChI=1S/C20H18N4O2S3/c1-2-8-24-19(26)16-13-5-3-4-6-14(13)29-18(16)23-20(24)28-11-15(25)22-17-12(10-21)7-9-27-17/h2,7,9H,1,3-6,8,11H2,(H,22,25). The number of hydrogen-bond donors (Lipinski definition) is 1. The van der Waals surface area contributed by atoms with Gasteiger partial charge in [0.15, 0.2) is 5.16 Å². The molecule has 0 fully saturated rings. The topological polar surface area (TPSA) is 87.8 Å². The monoisotopic (exact) mass is 442 g/mol. The zero-order chi connectivity index (χ0) is 20.4. The summed E-state index contributed by atoms with van der Waals surface area (Å²) < 4.78 is 1.60. The molecular weight excluding hydrogens is 424 g/mol. The van der Waals surface area contributed by atoms with E-state index in [0.717, 1.165) is 41.5 Å². The van der Waals surface area contributed by atoms with Crippen molar-refractivity contribution in [2.75, 3.05) is 11.1 Å². The molecule has 3 aromatic rings. The maximum atomic E-state index is 13.2. The summed E-state index contributed by atoms with van der Waals surface area (Å²) in [5.74, 6) is -0.137. The number of hydrogen-bond acceptors (Lipinski definition) is 7.